The van der Waals surface area contributed by atoms with Crippen LogP contribution in [0.15, 0.2) is 53.4 Å². The zero-order valence-corrected chi connectivity index (χ0v) is 15.9. The zero-order valence-electron chi connectivity index (χ0n) is 15.0. The predicted molar refractivity (Wildman–Crippen MR) is 98.6 cm³/mol. The molecule has 0 spiro atoms. The van der Waals surface area contributed by atoms with Gasteiger partial charge in [-0.2, -0.15) is 4.31 Å². The first-order valence-corrected chi connectivity index (χ1v) is 9.54. The molecule has 0 bridgehead atoms. The molecule has 2 aromatic carbocycles. The van der Waals surface area contributed by atoms with Crippen molar-refractivity contribution in [2.24, 2.45) is 0 Å². The Labute approximate surface area is 165 Å². The Hall–Kier alpha value is -3.35. The fourth-order valence-corrected chi connectivity index (χ4v) is 4.11. The molecule has 0 aliphatic rings. The maximum absolute atomic E-state index is 13.1. The molecule has 3 N–H and O–H groups in total. The molecule has 0 aliphatic carbocycles. The zero-order chi connectivity index (χ0) is 21.8. The lowest BCUT2D eigenvalue weighted by Gasteiger charge is -2.27. The normalized spacial score (nSPS) is 12.4. The minimum atomic E-state index is -4.37. The van der Waals surface area contributed by atoms with E-state index < -0.39 is 32.9 Å². The molecule has 154 valence electrons. The van der Waals surface area contributed by atoms with Crippen LogP contribution >= 0.6 is 0 Å². The van der Waals surface area contributed by atoms with Crippen molar-refractivity contribution in [3.63, 3.8) is 0 Å². The number of aromatic carboxylic acids is 1. The molecule has 0 saturated heterocycles. The average Bonchev–Trinajstić information content (AvgIpc) is 2.71. The number of carbonyl (C=O) groups is 2. The van der Waals surface area contributed by atoms with Gasteiger partial charge in [-0.1, -0.05) is 18.2 Å². The molecule has 12 heteroatoms. The third-order valence-electron chi connectivity index (χ3n) is 4.09. The van der Waals surface area contributed by atoms with E-state index in [9.17, 15) is 28.1 Å². The number of hydrogen-bond acceptors (Lipinski definition) is 7. The molecule has 1 atom stereocenters. The second kappa shape index (κ2) is 8.77. The lowest BCUT2D eigenvalue weighted by molar-refractivity contribution is -0.384. The fraction of sp³-hybridized carbons (Fsp3) is 0.176. The summed E-state index contributed by atoms with van der Waals surface area (Å²) in [7, 11) is -4.37. The number of nitrogens with zero attached hydrogens (tertiary/aromatic N) is 2. The van der Waals surface area contributed by atoms with Crippen LogP contribution in [0.4, 0.5) is 5.69 Å². The molecule has 0 radical (unpaired) electrons. The highest BCUT2D eigenvalue weighted by molar-refractivity contribution is 7.89. The van der Waals surface area contributed by atoms with Gasteiger partial charge in [0, 0.05) is 18.7 Å². The van der Waals surface area contributed by atoms with Crippen LogP contribution in [-0.4, -0.2) is 45.9 Å². The highest BCUT2D eigenvalue weighted by atomic mass is 32.2. The van der Waals surface area contributed by atoms with E-state index in [2.05, 4.69) is 0 Å². The number of benzene rings is 2. The van der Waals surface area contributed by atoms with Gasteiger partial charge in [-0.25, -0.2) is 18.7 Å². The second-order valence-electron chi connectivity index (χ2n) is 5.96. The Kier molecular flexibility index (Phi) is 6.64. The van der Waals surface area contributed by atoms with Gasteiger partial charge in [0.25, 0.3) is 11.6 Å². The standard InChI is InChI=1S/C17H17N3O8S/c1-11(16(21)18-24)19(10-12-5-7-14(8-6-12)20(25)26)29(27,28)15-4-2-3-13(9-15)17(22)23/h2-9,11,24H,10H2,1H3,(H,18,21)(H,22,23)/t11-/m0/s1. The van der Waals surface area contributed by atoms with E-state index in [1.807, 2.05) is 0 Å². The molecule has 11 nitrogen and oxygen atoms in total. The molecule has 0 fully saturated rings. The summed E-state index contributed by atoms with van der Waals surface area (Å²) in [6, 6.07) is 8.25. The van der Waals surface area contributed by atoms with Crippen LogP contribution in [0.25, 0.3) is 0 Å². The second-order valence-corrected chi connectivity index (χ2v) is 7.85. The molecule has 29 heavy (non-hydrogen) atoms. The number of non-ortho nitro benzene ring substituents is 1. The number of hydroxylamine groups is 1. The van der Waals surface area contributed by atoms with Crippen molar-refractivity contribution in [2.45, 2.75) is 24.4 Å². The number of carbonyl (C=O) groups excluding carboxylic acids is 1. The van der Waals surface area contributed by atoms with Gasteiger partial charge in [0.15, 0.2) is 0 Å². The molecule has 2 rings (SSSR count). The topological polar surface area (TPSA) is 167 Å². The van der Waals surface area contributed by atoms with Gasteiger partial charge < -0.3 is 5.11 Å². The van der Waals surface area contributed by atoms with E-state index >= 15 is 0 Å². The van der Waals surface area contributed by atoms with Crippen LogP contribution in [-0.2, 0) is 21.4 Å². The van der Waals surface area contributed by atoms with Crippen LogP contribution in [0.5, 0.6) is 0 Å². The van der Waals surface area contributed by atoms with E-state index in [1.165, 1.54) is 54.9 Å². The van der Waals surface area contributed by atoms with E-state index in [1.54, 1.807) is 0 Å². The largest absolute Gasteiger partial charge is 0.478 e. The average molecular weight is 423 g/mol. The fourth-order valence-electron chi connectivity index (χ4n) is 2.48. The van der Waals surface area contributed by atoms with E-state index in [-0.39, 0.29) is 22.7 Å². The molecule has 0 aliphatic heterocycles. The molecule has 0 heterocycles. The number of carboxylic acid groups (broad SMARTS) is 1. The Balaban J connectivity index is 2.49. The third kappa shape index (κ3) is 4.93. The van der Waals surface area contributed by atoms with Crippen LogP contribution in [0, 0.1) is 10.1 Å². The van der Waals surface area contributed by atoms with Crippen molar-refractivity contribution < 1.29 is 33.2 Å². The lowest BCUT2D eigenvalue weighted by Crippen LogP contribution is -2.46. The summed E-state index contributed by atoms with van der Waals surface area (Å²) < 4.78 is 27.0. The quantitative estimate of drug-likeness (QED) is 0.325. The molecular weight excluding hydrogens is 406 g/mol. The summed E-state index contributed by atoms with van der Waals surface area (Å²) >= 11 is 0. The number of carboxylic acids is 1. The number of rotatable bonds is 8. The summed E-state index contributed by atoms with van der Waals surface area (Å²) in [6.07, 6.45) is 0. The van der Waals surface area contributed by atoms with Gasteiger partial charge in [0.1, 0.15) is 6.04 Å². The SMILES string of the molecule is C[C@@H](C(=O)NO)N(Cc1ccc([N+](=O)[O-])cc1)S(=O)(=O)c1cccc(C(=O)O)c1. The van der Waals surface area contributed by atoms with E-state index in [0.717, 1.165) is 10.4 Å². The Bertz CT molecular complexity index is 1040. The smallest absolute Gasteiger partial charge is 0.335 e. The number of nitro benzene ring substituents is 1. The highest BCUT2D eigenvalue weighted by Gasteiger charge is 2.33. The molecule has 0 aromatic heterocycles. The van der Waals surface area contributed by atoms with Gasteiger partial charge >= 0.3 is 5.97 Å². The Morgan fingerprint density at radius 2 is 1.83 bits per heavy atom. The van der Waals surface area contributed by atoms with Gasteiger partial charge in [-0.15, -0.1) is 0 Å². The minimum Gasteiger partial charge on any atom is -0.478 e. The lowest BCUT2D eigenvalue weighted by atomic mass is 10.2. The first kappa shape index (κ1) is 21.9. The van der Waals surface area contributed by atoms with Crippen molar-refractivity contribution in [1.82, 2.24) is 9.79 Å². The van der Waals surface area contributed by atoms with Crippen LogP contribution in [0.1, 0.15) is 22.8 Å². The first-order chi connectivity index (χ1) is 13.6. The first-order valence-electron chi connectivity index (χ1n) is 8.10. The number of nitrogens with one attached hydrogen (secondary N) is 1. The Morgan fingerprint density at radius 1 is 1.21 bits per heavy atom. The number of amides is 1. The number of hydrogen-bond donors (Lipinski definition) is 3. The van der Waals surface area contributed by atoms with Crippen molar-refractivity contribution in [2.75, 3.05) is 0 Å². The molecular formula is C17H17N3O8S. The van der Waals surface area contributed by atoms with Crippen molar-refractivity contribution in [3.8, 4) is 0 Å². The van der Waals surface area contributed by atoms with Crippen molar-refractivity contribution in [3.05, 3.63) is 69.8 Å². The van der Waals surface area contributed by atoms with Gasteiger partial charge in [0.05, 0.1) is 15.4 Å². The van der Waals surface area contributed by atoms with E-state index in [0.29, 0.717) is 5.56 Å². The predicted octanol–water partition coefficient (Wildman–Crippen LogP) is 1.38. The summed E-state index contributed by atoms with van der Waals surface area (Å²) in [5.41, 5.74) is 1.26. The van der Waals surface area contributed by atoms with Crippen LogP contribution in [0.3, 0.4) is 0 Å². The van der Waals surface area contributed by atoms with E-state index in [4.69, 9.17) is 10.3 Å². The molecule has 0 saturated carbocycles. The molecule has 0 unspecified atom stereocenters. The summed E-state index contributed by atoms with van der Waals surface area (Å²) in [4.78, 5) is 32.8. The number of sulfonamides is 1. The van der Waals surface area contributed by atoms with Gasteiger partial charge in [-0.05, 0) is 30.7 Å². The third-order valence-corrected chi connectivity index (χ3v) is 6.01. The minimum absolute atomic E-state index is 0.196. The van der Waals surface area contributed by atoms with Gasteiger partial charge in [-0.3, -0.25) is 20.1 Å². The van der Waals surface area contributed by atoms with Crippen molar-refractivity contribution in [1.29, 1.82) is 0 Å². The van der Waals surface area contributed by atoms with Crippen LogP contribution < -0.4 is 5.48 Å². The number of nitro groups is 1. The monoisotopic (exact) mass is 423 g/mol. The Morgan fingerprint density at radius 3 is 2.34 bits per heavy atom. The van der Waals surface area contributed by atoms with Crippen LogP contribution in [0.2, 0.25) is 0 Å². The maximum atomic E-state index is 13.1. The molecule has 2 aromatic rings. The summed E-state index contributed by atoms with van der Waals surface area (Å²) in [5, 5.41) is 28.8. The maximum Gasteiger partial charge on any atom is 0.335 e. The summed E-state index contributed by atoms with van der Waals surface area (Å²) in [6.45, 7) is 0.877. The summed E-state index contributed by atoms with van der Waals surface area (Å²) in [5.74, 6) is -2.34. The molecule has 1 amide bonds. The van der Waals surface area contributed by atoms with Crippen molar-refractivity contribution >= 4 is 27.6 Å². The highest BCUT2D eigenvalue weighted by Crippen LogP contribution is 2.23. The van der Waals surface area contributed by atoms with Gasteiger partial charge in [0.2, 0.25) is 10.0 Å².